The molecule has 0 aliphatic heterocycles. The molecule has 0 bridgehead atoms. The number of hydrogen-bond acceptors (Lipinski definition) is 4. The van der Waals surface area contributed by atoms with Gasteiger partial charge in [-0.3, -0.25) is 4.79 Å². The average Bonchev–Trinajstić information content (AvgIpc) is 3.16. The molecule has 2 aromatic carbocycles. The van der Waals surface area contributed by atoms with Crippen LogP contribution < -0.4 is 10.1 Å². The van der Waals surface area contributed by atoms with Crippen molar-refractivity contribution in [2.24, 2.45) is 0 Å². The van der Waals surface area contributed by atoms with Crippen LogP contribution in [0.15, 0.2) is 66.9 Å². The molecule has 1 N–H and O–H groups in total. The summed E-state index contributed by atoms with van der Waals surface area (Å²) in [6.07, 6.45) is 3.69. The number of para-hydroxylation sites is 1. The Balaban J connectivity index is 1.49. The predicted octanol–water partition coefficient (Wildman–Crippen LogP) is 5.16. The number of rotatable bonds is 7. The maximum absolute atomic E-state index is 12.8. The lowest BCUT2D eigenvalue weighted by molar-refractivity contribution is 0.102. The molecule has 6 nitrogen and oxygen atoms in total. The predicted molar refractivity (Wildman–Crippen MR) is 118 cm³/mol. The number of nitrogens with zero attached hydrogens (tertiary/aromatic N) is 3. The minimum absolute atomic E-state index is 0.209. The number of amides is 1. The average molecular weight is 400 g/mol. The molecule has 0 aliphatic rings. The molecule has 2 heterocycles. The van der Waals surface area contributed by atoms with Crippen LogP contribution >= 0.6 is 0 Å². The van der Waals surface area contributed by atoms with Gasteiger partial charge in [-0.05, 0) is 55.8 Å². The third kappa shape index (κ3) is 4.17. The van der Waals surface area contributed by atoms with Gasteiger partial charge in [0.15, 0.2) is 5.82 Å². The Hall–Kier alpha value is -3.67. The number of anilines is 1. The molecule has 0 saturated carbocycles. The van der Waals surface area contributed by atoms with E-state index in [2.05, 4.69) is 22.3 Å². The van der Waals surface area contributed by atoms with Gasteiger partial charge >= 0.3 is 0 Å². The molecule has 0 atom stereocenters. The number of fused-ring (bicyclic) bond motifs is 1. The molecule has 0 unspecified atom stereocenters. The number of nitrogens with one attached hydrogen (secondary N) is 1. The highest BCUT2D eigenvalue weighted by molar-refractivity contribution is 6.05. The van der Waals surface area contributed by atoms with Gasteiger partial charge in [0.1, 0.15) is 5.75 Å². The van der Waals surface area contributed by atoms with Crippen molar-refractivity contribution < 1.29 is 9.53 Å². The Bertz CT molecular complexity index is 1170. The van der Waals surface area contributed by atoms with Crippen molar-refractivity contribution in [1.82, 2.24) is 14.8 Å². The third-order valence-corrected chi connectivity index (χ3v) is 4.93. The molecule has 6 heteroatoms. The lowest BCUT2D eigenvalue weighted by atomic mass is 10.2. The van der Waals surface area contributed by atoms with Crippen LogP contribution in [0.3, 0.4) is 0 Å². The first kappa shape index (κ1) is 19.6. The Morgan fingerprint density at radius 3 is 2.67 bits per heavy atom. The first-order chi connectivity index (χ1) is 14.7. The molecule has 152 valence electrons. The van der Waals surface area contributed by atoms with Gasteiger partial charge in [0, 0.05) is 11.1 Å². The van der Waals surface area contributed by atoms with Crippen LogP contribution in [0.5, 0.6) is 5.75 Å². The highest BCUT2D eigenvalue weighted by Gasteiger charge is 2.16. The fourth-order valence-corrected chi connectivity index (χ4v) is 3.20. The number of ether oxygens (including phenoxy) is 1. The van der Waals surface area contributed by atoms with E-state index < -0.39 is 0 Å². The van der Waals surface area contributed by atoms with Crippen molar-refractivity contribution in [2.75, 3.05) is 11.9 Å². The van der Waals surface area contributed by atoms with Crippen LogP contribution in [0.4, 0.5) is 5.69 Å². The highest BCUT2D eigenvalue weighted by atomic mass is 16.5. The largest absolute Gasteiger partial charge is 0.494 e. The van der Waals surface area contributed by atoms with Crippen LogP contribution in [0, 0.1) is 6.92 Å². The van der Waals surface area contributed by atoms with Gasteiger partial charge in [-0.15, -0.1) is 0 Å². The summed E-state index contributed by atoms with van der Waals surface area (Å²) in [5, 5.41) is 8.37. The lowest BCUT2D eigenvalue weighted by Gasteiger charge is -2.08. The van der Waals surface area contributed by atoms with Gasteiger partial charge in [0.25, 0.3) is 5.91 Å². The van der Waals surface area contributed by atoms with Crippen molar-refractivity contribution in [3.05, 3.63) is 78.1 Å². The van der Waals surface area contributed by atoms with Crippen molar-refractivity contribution in [1.29, 1.82) is 0 Å². The Kier molecular flexibility index (Phi) is 5.75. The third-order valence-electron chi connectivity index (χ3n) is 4.93. The number of pyridine rings is 1. The number of carbonyl (C=O) groups is 1. The molecule has 0 aliphatic carbocycles. The van der Waals surface area contributed by atoms with Crippen LogP contribution in [0.25, 0.3) is 16.7 Å². The maximum Gasteiger partial charge on any atom is 0.259 e. The number of carbonyl (C=O) groups excluding carboxylic acids is 1. The van der Waals surface area contributed by atoms with Gasteiger partial charge in [0.2, 0.25) is 0 Å². The first-order valence-electron chi connectivity index (χ1n) is 10.1. The molecule has 1 amide bonds. The lowest BCUT2D eigenvalue weighted by Crippen LogP contribution is -2.13. The van der Waals surface area contributed by atoms with Crippen LogP contribution in [-0.2, 0) is 0 Å². The first-order valence-corrected chi connectivity index (χ1v) is 10.1. The molecule has 4 rings (SSSR count). The highest BCUT2D eigenvalue weighted by Crippen LogP contribution is 2.20. The minimum atomic E-state index is -0.209. The van der Waals surface area contributed by atoms with E-state index in [-0.39, 0.29) is 5.91 Å². The topological polar surface area (TPSA) is 69.0 Å². The quantitative estimate of drug-likeness (QED) is 0.435. The summed E-state index contributed by atoms with van der Waals surface area (Å²) in [7, 11) is 0. The van der Waals surface area contributed by atoms with Crippen LogP contribution in [-0.4, -0.2) is 27.3 Å². The van der Waals surface area contributed by atoms with Crippen molar-refractivity contribution in [3.8, 4) is 11.6 Å². The van der Waals surface area contributed by atoms with E-state index in [1.807, 2.05) is 67.6 Å². The molecule has 0 saturated heterocycles. The summed E-state index contributed by atoms with van der Waals surface area (Å²) in [6.45, 7) is 4.69. The summed E-state index contributed by atoms with van der Waals surface area (Å²) in [5.41, 5.74) is 2.83. The van der Waals surface area contributed by atoms with Gasteiger partial charge in [-0.1, -0.05) is 31.5 Å². The summed E-state index contributed by atoms with van der Waals surface area (Å²) >= 11 is 0. The monoisotopic (exact) mass is 400 g/mol. The summed E-state index contributed by atoms with van der Waals surface area (Å²) in [6, 6.07) is 19.2. The van der Waals surface area contributed by atoms with Crippen molar-refractivity contribution in [3.63, 3.8) is 0 Å². The molecule has 0 spiro atoms. The van der Waals surface area contributed by atoms with E-state index >= 15 is 0 Å². The number of unbranched alkanes of at least 4 members (excludes halogenated alkanes) is 1. The van der Waals surface area contributed by atoms with Crippen molar-refractivity contribution in [2.45, 2.75) is 26.7 Å². The van der Waals surface area contributed by atoms with E-state index in [0.717, 1.165) is 35.2 Å². The smallest absolute Gasteiger partial charge is 0.259 e. The molecule has 0 radical (unpaired) electrons. The van der Waals surface area contributed by atoms with Gasteiger partial charge < -0.3 is 10.1 Å². The molecule has 30 heavy (non-hydrogen) atoms. The van der Waals surface area contributed by atoms with E-state index in [4.69, 9.17) is 4.74 Å². The number of aromatic nitrogens is 3. The molecule has 0 fully saturated rings. The zero-order chi connectivity index (χ0) is 20.9. The Morgan fingerprint density at radius 2 is 1.87 bits per heavy atom. The van der Waals surface area contributed by atoms with E-state index in [1.165, 1.54) is 0 Å². The Labute approximate surface area is 175 Å². The van der Waals surface area contributed by atoms with Crippen LogP contribution in [0.2, 0.25) is 0 Å². The van der Waals surface area contributed by atoms with E-state index in [0.29, 0.717) is 23.7 Å². The van der Waals surface area contributed by atoms with E-state index in [9.17, 15) is 4.79 Å². The fraction of sp³-hybridized carbons (Fsp3) is 0.208. The van der Waals surface area contributed by atoms with Gasteiger partial charge in [-0.25, -0.2) is 9.67 Å². The maximum atomic E-state index is 12.8. The fourth-order valence-electron chi connectivity index (χ4n) is 3.20. The number of hydrogen-bond donors (Lipinski definition) is 1. The van der Waals surface area contributed by atoms with Crippen molar-refractivity contribution >= 4 is 22.5 Å². The van der Waals surface area contributed by atoms with Crippen LogP contribution in [0.1, 0.15) is 35.8 Å². The SMILES string of the molecule is CCCCOc1ccc(NC(=O)c2cnn(-c3ccc4ccccc4n3)c2C)cc1. The number of benzene rings is 2. The zero-order valence-corrected chi connectivity index (χ0v) is 17.1. The second-order valence-corrected chi connectivity index (χ2v) is 7.10. The minimum Gasteiger partial charge on any atom is -0.494 e. The molecular formula is C24H24N4O2. The molecular weight excluding hydrogens is 376 g/mol. The van der Waals surface area contributed by atoms with Gasteiger partial charge in [-0.2, -0.15) is 5.10 Å². The molecule has 2 aromatic heterocycles. The standard InChI is InChI=1S/C24H24N4O2/c1-3-4-15-30-20-12-10-19(11-13-20)26-24(29)21-16-25-28(17(21)2)23-14-9-18-7-5-6-8-22(18)27-23/h5-14,16H,3-4,15H2,1-2H3,(H,26,29). The zero-order valence-electron chi connectivity index (χ0n) is 17.1. The summed E-state index contributed by atoms with van der Waals surface area (Å²) in [5.74, 6) is 1.27. The Morgan fingerprint density at radius 1 is 1.07 bits per heavy atom. The van der Waals surface area contributed by atoms with Gasteiger partial charge in [0.05, 0.1) is 29.6 Å². The second kappa shape index (κ2) is 8.78. The molecule has 4 aromatic rings. The van der Waals surface area contributed by atoms with E-state index in [1.54, 1.807) is 10.9 Å². The second-order valence-electron chi connectivity index (χ2n) is 7.10. The summed E-state index contributed by atoms with van der Waals surface area (Å²) in [4.78, 5) is 17.4. The normalized spacial score (nSPS) is 10.9. The summed E-state index contributed by atoms with van der Waals surface area (Å²) < 4.78 is 7.35.